The number of carbonyl (C=O) groups excluding carboxylic acids is 1. The summed E-state index contributed by atoms with van der Waals surface area (Å²) in [6, 6.07) is 2.71. The third kappa shape index (κ3) is 3.51. The number of nitrogens with zero attached hydrogens (tertiary/aromatic N) is 1. The summed E-state index contributed by atoms with van der Waals surface area (Å²) in [6.07, 6.45) is -1.48. The summed E-state index contributed by atoms with van der Waals surface area (Å²) in [6.45, 7) is 0.135. The maximum Gasteiger partial charge on any atom is 0.416 e. The number of benzene rings is 1. The van der Waals surface area contributed by atoms with E-state index in [1.54, 1.807) is 6.20 Å². The number of hydrogen-bond acceptors (Lipinski definition) is 4. The van der Waals surface area contributed by atoms with E-state index in [2.05, 4.69) is 20.9 Å². The Bertz CT molecular complexity index is 624. The minimum Gasteiger partial charge on any atom is -0.348 e. The Balaban J connectivity index is 2.21. The van der Waals surface area contributed by atoms with Gasteiger partial charge >= 0.3 is 6.18 Å². The van der Waals surface area contributed by atoms with Gasteiger partial charge in [-0.1, -0.05) is 0 Å². The van der Waals surface area contributed by atoms with Crippen molar-refractivity contribution in [3.63, 3.8) is 0 Å². The molecule has 0 saturated heterocycles. The number of hydrogen-bond donors (Lipinski definition) is 4. The van der Waals surface area contributed by atoms with Crippen molar-refractivity contribution in [2.45, 2.75) is 12.7 Å². The van der Waals surface area contributed by atoms with Gasteiger partial charge in [-0.15, -0.1) is 0 Å². The maximum atomic E-state index is 12.7. The Morgan fingerprint density at radius 3 is 2.71 bits per heavy atom. The standard InChI is InChI=1S/C12H12F3N5O/c13-12(14,15)8-1-2-10(20-16)9(3-8)11(21)17-4-7-5-18-19-6-7/h1-3,5-6,20H,4,16H2,(H,17,21)(H,18,19). The first-order valence-corrected chi connectivity index (χ1v) is 5.85. The molecule has 9 heteroatoms. The van der Waals surface area contributed by atoms with E-state index in [1.165, 1.54) is 6.20 Å². The fourth-order valence-electron chi connectivity index (χ4n) is 1.69. The second kappa shape index (κ2) is 5.83. The minimum absolute atomic E-state index is 0.104. The summed E-state index contributed by atoms with van der Waals surface area (Å²) in [5, 5.41) is 8.75. The highest BCUT2D eigenvalue weighted by Gasteiger charge is 2.31. The summed E-state index contributed by atoms with van der Waals surface area (Å²) >= 11 is 0. The Hall–Kier alpha value is -2.55. The lowest BCUT2D eigenvalue weighted by Crippen LogP contribution is -2.25. The minimum atomic E-state index is -4.54. The van der Waals surface area contributed by atoms with Crippen LogP contribution in [0.3, 0.4) is 0 Å². The van der Waals surface area contributed by atoms with Crippen LogP contribution in [0.2, 0.25) is 0 Å². The van der Waals surface area contributed by atoms with Crippen molar-refractivity contribution < 1.29 is 18.0 Å². The Morgan fingerprint density at radius 2 is 2.14 bits per heavy atom. The van der Waals surface area contributed by atoms with E-state index in [0.29, 0.717) is 5.56 Å². The molecule has 0 aliphatic rings. The van der Waals surface area contributed by atoms with Crippen LogP contribution in [-0.4, -0.2) is 16.1 Å². The molecule has 0 saturated carbocycles. The molecular formula is C12H12F3N5O. The summed E-state index contributed by atoms with van der Waals surface area (Å²) in [4.78, 5) is 12.0. The zero-order valence-electron chi connectivity index (χ0n) is 10.7. The van der Waals surface area contributed by atoms with E-state index in [0.717, 1.165) is 18.2 Å². The second-order valence-corrected chi connectivity index (χ2v) is 4.19. The Morgan fingerprint density at radius 1 is 1.38 bits per heavy atom. The van der Waals surface area contributed by atoms with Crippen LogP contribution < -0.4 is 16.6 Å². The molecule has 1 aromatic heterocycles. The summed E-state index contributed by atoms with van der Waals surface area (Å²) in [5.41, 5.74) is 1.89. The number of aromatic nitrogens is 2. The fourth-order valence-corrected chi connectivity index (χ4v) is 1.69. The second-order valence-electron chi connectivity index (χ2n) is 4.19. The first kappa shape index (κ1) is 14.9. The zero-order valence-corrected chi connectivity index (χ0v) is 10.7. The average molecular weight is 299 g/mol. The normalized spacial score (nSPS) is 11.2. The van der Waals surface area contributed by atoms with Crippen molar-refractivity contribution in [3.8, 4) is 0 Å². The zero-order chi connectivity index (χ0) is 15.5. The van der Waals surface area contributed by atoms with E-state index >= 15 is 0 Å². The van der Waals surface area contributed by atoms with Gasteiger partial charge in [-0.25, -0.2) is 0 Å². The van der Waals surface area contributed by atoms with E-state index in [4.69, 9.17) is 5.84 Å². The van der Waals surface area contributed by atoms with Gasteiger partial charge in [0.15, 0.2) is 0 Å². The SMILES string of the molecule is NNc1ccc(C(F)(F)F)cc1C(=O)NCc1cn[nH]c1. The molecule has 6 nitrogen and oxygen atoms in total. The van der Waals surface area contributed by atoms with Crippen molar-refractivity contribution in [3.05, 3.63) is 47.3 Å². The van der Waals surface area contributed by atoms with Gasteiger partial charge in [0.25, 0.3) is 5.91 Å². The van der Waals surface area contributed by atoms with Gasteiger partial charge in [0, 0.05) is 18.3 Å². The summed E-state index contributed by atoms with van der Waals surface area (Å²) < 4.78 is 38.0. The third-order valence-electron chi connectivity index (χ3n) is 2.75. The van der Waals surface area contributed by atoms with E-state index in [9.17, 15) is 18.0 Å². The van der Waals surface area contributed by atoms with Crippen molar-refractivity contribution in [2.24, 2.45) is 5.84 Å². The monoisotopic (exact) mass is 299 g/mol. The smallest absolute Gasteiger partial charge is 0.348 e. The van der Waals surface area contributed by atoms with Crippen molar-refractivity contribution >= 4 is 11.6 Å². The highest BCUT2D eigenvalue weighted by atomic mass is 19.4. The molecule has 1 amide bonds. The number of amides is 1. The molecule has 5 N–H and O–H groups in total. The molecule has 1 heterocycles. The molecule has 21 heavy (non-hydrogen) atoms. The number of aromatic amines is 1. The van der Waals surface area contributed by atoms with Gasteiger partial charge in [-0.05, 0) is 18.2 Å². The molecule has 0 fully saturated rings. The van der Waals surface area contributed by atoms with E-state index in [1.807, 2.05) is 0 Å². The fraction of sp³-hybridized carbons (Fsp3) is 0.167. The predicted octanol–water partition coefficient (Wildman–Crippen LogP) is 1.64. The number of nitrogens with two attached hydrogens (primary N) is 1. The molecule has 1 aromatic carbocycles. The van der Waals surface area contributed by atoms with Crippen molar-refractivity contribution in [1.29, 1.82) is 0 Å². The molecule has 112 valence electrons. The predicted molar refractivity (Wildman–Crippen MR) is 69.0 cm³/mol. The van der Waals surface area contributed by atoms with E-state index in [-0.39, 0.29) is 17.8 Å². The molecule has 0 aliphatic heterocycles. The van der Waals surface area contributed by atoms with Gasteiger partial charge in [-0.2, -0.15) is 18.3 Å². The molecule has 0 aliphatic carbocycles. The average Bonchev–Trinajstić information content (AvgIpc) is 2.96. The number of H-pyrrole nitrogens is 1. The molecule has 2 rings (SSSR count). The van der Waals surface area contributed by atoms with Gasteiger partial charge in [0.2, 0.25) is 0 Å². The van der Waals surface area contributed by atoms with Crippen molar-refractivity contribution in [2.75, 3.05) is 5.43 Å². The third-order valence-corrected chi connectivity index (χ3v) is 2.75. The number of hydrazine groups is 1. The van der Waals surface area contributed by atoms with Crippen LogP contribution in [0.4, 0.5) is 18.9 Å². The molecule has 0 atom stereocenters. The van der Waals surface area contributed by atoms with Crippen molar-refractivity contribution in [1.82, 2.24) is 15.5 Å². The first-order valence-electron chi connectivity index (χ1n) is 5.85. The number of anilines is 1. The summed E-state index contributed by atoms with van der Waals surface area (Å²) in [5.74, 6) is 4.54. The highest BCUT2D eigenvalue weighted by Crippen LogP contribution is 2.31. The van der Waals surface area contributed by atoms with Gasteiger partial charge in [-0.3, -0.25) is 15.7 Å². The maximum absolute atomic E-state index is 12.7. The molecule has 0 unspecified atom stereocenters. The topological polar surface area (TPSA) is 95.8 Å². The number of nitrogen functional groups attached to an aromatic ring is 1. The lowest BCUT2D eigenvalue weighted by Gasteiger charge is -2.13. The van der Waals surface area contributed by atoms with Crippen LogP contribution in [0.5, 0.6) is 0 Å². The largest absolute Gasteiger partial charge is 0.416 e. The Kier molecular flexibility index (Phi) is 4.13. The number of carbonyl (C=O) groups is 1. The molecule has 0 radical (unpaired) electrons. The quantitative estimate of drug-likeness (QED) is 0.510. The van der Waals surface area contributed by atoms with Crippen LogP contribution in [0.1, 0.15) is 21.5 Å². The number of rotatable bonds is 4. The van der Waals surface area contributed by atoms with Gasteiger partial charge in [0.1, 0.15) is 0 Å². The molecule has 0 bridgehead atoms. The molecular weight excluding hydrogens is 287 g/mol. The van der Waals surface area contributed by atoms with Crippen LogP contribution >= 0.6 is 0 Å². The van der Waals surface area contributed by atoms with E-state index < -0.39 is 17.6 Å². The lowest BCUT2D eigenvalue weighted by atomic mass is 10.1. The molecule has 2 aromatic rings. The van der Waals surface area contributed by atoms with Crippen LogP contribution in [0.25, 0.3) is 0 Å². The summed E-state index contributed by atoms with van der Waals surface area (Å²) in [7, 11) is 0. The lowest BCUT2D eigenvalue weighted by molar-refractivity contribution is -0.137. The van der Waals surface area contributed by atoms with Gasteiger partial charge < -0.3 is 10.7 Å². The van der Waals surface area contributed by atoms with Crippen LogP contribution in [-0.2, 0) is 12.7 Å². The highest BCUT2D eigenvalue weighted by molar-refractivity contribution is 5.99. The van der Waals surface area contributed by atoms with Crippen LogP contribution in [0, 0.1) is 0 Å². The van der Waals surface area contributed by atoms with Gasteiger partial charge in [0.05, 0.1) is 23.0 Å². The first-order chi connectivity index (χ1) is 9.91. The number of alkyl halides is 3. The van der Waals surface area contributed by atoms with Crippen LogP contribution in [0.15, 0.2) is 30.6 Å². The molecule has 0 spiro atoms. The Labute approximate surface area is 117 Å². The number of nitrogens with one attached hydrogen (secondary N) is 3. The number of halogens is 3.